The molecule has 2 aromatic rings. The molecule has 1 aliphatic heterocycles. The molecule has 0 bridgehead atoms. The van der Waals surface area contributed by atoms with Gasteiger partial charge in [0.15, 0.2) is 0 Å². The van der Waals surface area contributed by atoms with E-state index in [4.69, 9.17) is 0 Å². The maximum absolute atomic E-state index is 12.9. The highest BCUT2D eigenvalue weighted by molar-refractivity contribution is 7.99. The Balaban J connectivity index is 1.62. The molecule has 1 atom stereocenters. The lowest BCUT2D eigenvalue weighted by Crippen LogP contribution is -2.53. The van der Waals surface area contributed by atoms with E-state index in [1.807, 2.05) is 44.2 Å². The molecule has 0 saturated carbocycles. The number of thioether (sulfide) groups is 1. The van der Waals surface area contributed by atoms with Crippen LogP contribution in [0.15, 0.2) is 59.5 Å². The molecule has 0 aromatic heterocycles. The van der Waals surface area contributed by atoms with Gasteiger partial charge in [-0.3, -0.25) is 9.59 Å². The highest BCUT2D eigenvalue weighted by Crippen LogP contribution is 2.25. The van der Waals surface area contributed by atoms with E-state index in [0.717, 1.165) is 16.9 Å². The summed E-state index contributed by atoms with van der Waals surface area (Å²) in [6, 6.07) is 17.8. The third kappa shape index (κ3) is 5.38. The minimum Gasteiger partial charge on any atom is -0.353 e. The van der Waals surface area contributed by atoms with Gasteiger partial charge in [-0.15, -0.1) is 11.8 Å². The normalized spacial score (nSPS) is 16.0. The standard InChI is InChI=1S/C23H28N2O2S/c1-17(2)14-22(26)25-16-19-9-7-6-8-18(19)15-21(25)23(27)24-12-13-28-20-10-4-3-5-11-20/h3-11,17,21H,12-16H2,1-2H3,(H,24,27). The van der Waals surface area contributed by atoms with Crippen molar-refractivity contribution in [3.05, 3.63) is 65.7 Å². The second-order valence-corrected chi connectivity index (χ2v) is 8.73. The molecule has 0 aliphatic carbocycles. The van der Waals surface area contributed by atoms with Gasteiger partial charge in [-0.05, 0) is 29.2 Å². The van der Waals surface area contributed by atoms with Crippen molar-refractivity contribution in [3.8, 4) is 0 Å². The second-order valence-electron chi connectivity index (χ2n) is 7.56. The van der Waals surface area contributed by atoms with Gasteiger partial charge in [-0.1, -0.05) is 56.3 Å². The number of nitrogens with zero attached hydrogens (tertiary/aromatic N) is 1. The predicted molar refractivity (Wildman–Crippen MR) is 114 cm³/mol. The lowest BCUT2D eigenvalue weighted by Gasteiger charge is -2.36. The van der Waals surface area contributed by atoms with E-state index in [1.165, 1.54) is 4.90 Å². The number of hydrogen-bond donors (Lipinski definition) is 1. The van der Waals surface area contributed by atoms with Crippen LogP contribution in [0.4, 0.5) is 0 Å². The molecular formula is C23H28N2O2S. The minimum atomic E-state index is -0.428. The van der Waals surface area contributed by atoms with Crippen molar-refractivity contribution >= 4 is 23.6 Å². The summed E-state index contributed by atoms with van der Waals surface area (Å²) in [5.74, 6) is 1.08. The molecule has 1 unspecified atom stereocenters. The number of carbonyl (C=O) groups is 2. The average molecular weight is 397 g/mol. The Morgan fingerprint density at radius 3 is 2.46 bits per heavy atom. The van der Waals surface area contributed by atoms with E-state index < -0.39 is 6.04 Å². The van der Waals surface area contributed by atoms with Crippen molar-refractivity contribution in [1.29, 1.82) is 0 Å². The van der Waals surface area contributed by atoms with Gasteiger partial charge in [-0.2, -0.15) is 0 Å². The van der Waals surface area contributed by atoms with Crippen LogP contribution in [0.2, 0.25) is 0 Å². The molecular weight excluding hydrogens is 368 g/mol. The molecule has 28 heavy (non-hydrogen) atoms. The number of nitrogens with one attached hydrogen (secondary N) is 1. The van der Waals surface area contributed by atoms with Gasteiger partial charge in [0.1, 0.15) is 6.04 Å². The van der Waals surface area contributed by atoms with E-state index in [9.17, 15) is 9.59 Å². The quantitative estimate of drug-likeness (QED) is 0.570. The van der Waals surface area contributed by atoms with Crippen LogP contribution < -0.4 is 5.32 Å². The Kier molecular flexibility index (Phi) is 7.15. The Hall–Kier alpha value is -2.27. The zero-order valence-electron chi connectivity index (χ0n) is 16.6. The molecule has 1 N–H and O–H groups in total. The Bertz CT molecular complexity index is 807. The minimum absolute atomic E-state index is 0.0553. The molecule has 2 aromatic carbocycles. The van der Waals surface area contributed by atoms with Crippen LogP contribution in [0.25, 0.3) is 0 Å². The fourth-order valence-electron chi connectivity index (χ4n) is 3.46. The van der Waals surface area contributed by atoms with Crippen LogP contribution in [0.1, 0.15) is 31.4 Å². The van der Waals surface area contributed by atoms with Crippen molar-refractivity contribution in [2.24, 2.45) is 5.92 Å². The third-order valence-electron chi connectivity index (χ3n) is 4.87. The van der Waals surface area contributed by atoms with Gasteiger partial charge in [0, 0.05) is 36.6 Å². The summed E-state index contributed by atoms with van der Waals surface area (Å²) in [5, 5.41) is 3.04. The molecule has 2 amide bonds. The van der Waals surface area contributed by atoms with Crippen LogP contribution in [0.5, 0.6) is 0 Å². The highest BCUT2D eigenvalue weighted by Gasteiger charge is 2.34. The molecule has 0 saturated heterocycles. The van der Waals surface area contributed by atoms with Crippen LogP contribution in [0.3, 0.4) is 0 Å². The predicted octanol–water partition coefficient (Wildman–Crippen LogP) is 3.89. The molecule has 1 aliphatic rings. The number of benzene rings is 2. The van der Waals surface area contributed by atoms with Crippen molar-refractivity contribution in [1.82, 2.24) is 10.2 Å². The number of fused-ring (bicyclic) bond motifs is 1. The third-order valence-corrected chi connectivity index (χ3v) is 5.88. The summed E-state index contributed by atoms with van der Waals surface area (Å²) < 4.78 is 0. The number of rotatable bonds is 7. The molecule has 0 radical (unpaired) electrons. The Labute approximate surface area is 171 Å². The zero-order chi connectivity index (χ0) is 19.9. The SMILES string of the molecule is CC(C)CC(=O)N1Cc2ccccc2CC1C(=O)NCCSc1ccccc1. The van der Waals surface area contributed by atoms with E-state index in [0.29, 0.717) is 25.9 Å². The summed E-state index contributed by atoms with van der Waals surface area (Å²) in [6.07, 6.45) is 1.05. The first kappa shape index (κ1) is 20.5. The largest absolute Gasteiger partial charge is 0.353 e. The van der Waals surface area contributed by atoms with Crippen LogP contribution in [-0.4, -0.2) is 35.1 Å². The summed E-state index contributed by atoms with van der Waals surface area (Å²) in [7, 11) is 0. The molecule has 1 heterocycles. The van der Waals surface area contributed by atoms with E-state index in [2.05, 4.69) is 29.6 Å². The lowest BCUT2D eigenvalue weighted by molar-refractivity contribution is -0.142. The maximum Gasteiger partial charge on any atom is 0.243 e. The van der Waals surface area contributed by atoms with Crippen molar-refractivity contribution in [2.45, 2.75) is 44.2 Å². The van der Waals surface area contributed by atoms with Crippen LogP contribution >= 0.6 is 11.8 Å². The zero-order valence-corrected chi connectivity index (χ0v) is 17.4. The summed E-state index contributed by atoms with van der Waals surface area (Å²) in [5.41, 5.74) is 2.30. The average Bonchev–Trinajstić information content (AvgIpc) is 2.70. The molecule has 0 fully saturated rings. The number of carbonyl (C=O) groups excluding carboxylic acids is 2. The van der Waals surface area contributed by atoms with Gasteiger partial charge in [0.2, 0.25) is 11.8 Å². The van der Waals surface area contributed by atoms with Gasteiger partial charge < -0.3 is 10.2 Å². The van der Waals surface area contributed by atoms with Gasteiger partial charge in [-0.25, -0.2) is 0 Å². The number of hydrogen-bond acceptors (Lipinski definition) is 3. The maximum atomic E-state index is 12.9. The van der Waals surface area contributed by atoms with E-state index in [1.54, 1.807) is 16.7 Å². The molecule has 4 nitrogen and oxygen atoms in total. The highest BCUT2D eigenvalue weighted by atomic mass is 32.2. The lowest BCUT2D eigenvalue weighted by atomic mass is 9.92. The summed E-state index contributed by atoms with van der Waals surface area (Å²) in [6.45, 7) is 5.17. The summed E-state index contributed by atoms with van der Waals surface area (Å²) in [4.78, 5) is 28.7. The van der Waals surface area contributed by atoms with Crippen LogP contribution in [0, 0.1) is 5.92 Å². The molecule has 148 valence electrons. The topological polar surface area (TPSA) is 49.4 Å². The van der Waals surface area contributed by atoms with Crippen molar-refractivity contribution in [3.63, 3.8) is 0 Å². The first-order chi connectivity index (χ1) is 13.5. The fourth-order valence-corrected chi connectivity index (χ4v) is 4.25. The summed E-state index contributed by atoms with van der Waals surface area (Å²) >= 11 is 1.72. The van der Waals surface area contributed by atoms with Gasteiger partial charge >= 0.3 is 0 Å². The second kappa shape index (κ2) is 9.78. The fraction of sp³-hybridized carbons (Fsp3) is 0.391. The van der Waals surface area contributed by atoms with E-state index >= 15 is 0 Å². The molecule has 5 heteroatoms. The first-order valence-corrected chi connectivity index (χ1v) is 10.8. The van der Waals surface area contributed by atoms with Crippen LogP contribution in [-0.2, 0) is 22.6 Å². The molecule has 0 spiro atoms. The Morgan fingerprint density at radius 1 is 1.07 bits per heavy atom. The molecule has 3 rings (SSSR count). The van der Waals surface area contributed by atoms with Crippen molar-refractivity contribution < 1.29 is 9.59 Å². The van der Waals surface area contributed by atoms with Gasteiger partial charge in [0.25, 0.3) is 0 Å². The van der Waals surface area contributed by atoms with E-state index in [-0.39, 0.29) is 17.7 Å². The Morgan fingerprint density at radius 2 is 1.75 bits per heavy atom. The number of amides is 2. The first-order valence-electron chi connectivity index (χ1n) is 9.86. The smallest absolute Gasteiger partial charge is 0.243 e. The van der Waals surface area contributed by atoms with Gasteiger partial charge in [0.05, 0.1) is 0 Å². The van der Waals surface area contributed by atoms with Crippen molar-refractivity contribution in [2.75, 3.05) is 12.3 Å². The monoisotopic (exact) mass is 396 g/mol.